The van der Waals surface area contributed by atoms with Crippen LogP contribution in [0.3, 0.4) is 0 Å². The summed E-state index contributed by atoms with van der Waals surface area (Å²) < 4.78 is 2.06. The number of amides is 1. The highest BCUT2D eigenvalue weighted by atomic mass is 16.2. The summed E-state index contributed by atoms with van der Waals surface area (Å²) in [4.78, 5) is 25.1. The van der Waals surface area contributed by atoms with Gasteiger partial charge in [-0.2, -0.15) is 0 Å². The Kier molecular flexibility index (Phi) is 5.60. The number of pyridine rings is 1. The van der Waals surface area contributed by atoms with Crippen LogP contribution in [0.2, 0.25) is 0 Å². The average molecular weight is 326 g/mol. The van der Waals surface area contributed by atoms with E-state index in [1.54, 1.807) is 6.07 Å². The highest BCUT2D eigenvalue weighted by Crippen LogP contribution is 2.18. The molecule has 1 amide bonds. The zero-order valence-corrected chi connectivity index (χ0v) is 15.2. The van der Waals surface area contributed by atoms with Crippen LogP contribution in [0.15, 0.2) is 29.1 Å². The highest BCUT2D eigenvalue weighted by Gasteiger charge is 2.18. The molecular formula is C20H26N2O2. The van der Waals surface area contributed by atoms with Gasteiger partial charge in [-0.3, -0.25) is 9.59 Å². The Labute approximate surface area is 143 Å². The average Bonchev–Trinajstić information content (AvgIpc) is 2.50. The number of aromatic nitrogens is 1. The van der Waals surface area contributed by atoms with Gasteiger partial charge in [-0.15, -0.1) is 0 Å². The molecule has 0 bridgehead atoms. The molecular weight excluding hydrogens is 300 g/mol. The molecule has 0 radical (unpaired) electrons. The van der Waals surface area contributed by atoms with Crippen LogP contribution in [0.1, 0.15) is 52.6 Å². The predicted molar refractivity (Wildman–Crippen MR) is 99.0 cm³/mol. The van der Waals surface area contributed by atoms with Crippen molar-refractivity contribution in [3.8, 4) is 0 Å². The number of carbonyl (C=O) groups is 1. The first-order valence-corrected chi connectivity index (χ1v) is 8.44. The molecule has 4 heteroatoms. The SMILES string of the molecule is CCCCn1c(C)cc(=O)c(C(=O)Nc2cc(C)ccc2C)c1C. The van der Waals surface area contributed by atoms with Gasteiger partial charge in [0.15, 0.2) is 5.43 Å². The summed E-state index contributed by atoms with van der Waals surface area (Å²) in [6.45, 7) is 10.6. The zero-order chi connectivity index (χ0) is 17.9. The Balaban J connectivity index is 2.42. The maximum absolute atomic E-state index is 12.7. The fraction of sp³-hybridized carbons (Fsp3) is 0.400. The number of aryl methyl sites for hydroxylation is 3. The normalized spacial score (nSPS) is 10.7. The largest absolute Gasteiger partial charge is 0.348 e. The Morgan fingerprint density at radius 1 is 1.12 bits per heavy atom. The Morgan fingerprint density at radius 3 is 2.50 bits per heavy atom. The molecule has 1 N–H and O–H groups in total. The summed E-state index contributed by atoms with van der Waals surface area (Å²) >= 11 is 0. The molecule has 128 valence electrons. The van der Waals surface area contributed by atoms with E-state index in [0.29, 0.717) is 0 Å². The van der Waals surface area contributed by atoms with Gasteiger partial charge < -0.3 is 9.88 Å². The van der Waals surface area contributed by atoms with E-state index in [0.717, 1.165) is 47.6 Å². The standard InChI is InChI=1S/C20H26N2O2/c1-6-7-10-22-15(4)12-18(23)19(16(22)5)20(24)21-17-11-13(2)8-9-14(17)3/h8-9,11-12H,6-7,10H2,1-5H3,(H,21,24). The van der Waals surface area contributed by atoms with Crippen molar-refractivity contribution in [2.75, 3.05) is 5.32 Å². The number of nitrogens with zero attached hydrogens (tertiary/aromatic N) is 1. The number of hydrogen-bond donors (Lipinski definition) is 1. The van der Waals surface area contributed by atoms with E-state index in [9.17, 15) is 9.59 Å². The lowest BCUT2D eigenvalue weighted by atomic mass is 10.1. The smallest absolute Gasteiger partial charge is 0.261 e. The van der Waals surface area contributed by atoms with Crippen LogP contribution < -0.4 is 10.7 Å². The quantitative estimate of drug-likeness (QED) is 0.898. The minimum absolute atomic E-state index is 0.222. The van der Waals surface area contributed by atoms with Gasteiger partial charge in [0.25, 0.3) is 5.91 Å². The zero-order valence-electron chi connectivity index (χ0n) is 15.2. The molecule has 0 spiro atoms. The van der Waals surface area contributed by atoms with Crippen molar-refractivity contribution in [1.29, 1.82) is 0 Å². The van der Waals surface area contributed by atoms with Gasteiger partial charge in [-0.25, -0.2) is 0 Å². The molecule has 1 aromatic heterocycles. The molecule has 2 aromatic rings. The molecule has 0 saturated carbocycles. The number of rotatable bonds is 5. The lowest BCUT2D eigenvalue weighted by molar-refractivity contribution is 0.102. The third kappa shape index (κ3) is 3.75. The number of hydrogen-bond acceptors (Lipinski definition) is 2. The fourth-order valence-electron chi connectivity index (χ4n) is 2.91. The van der Waals surface area contributed by atoms with Crippen molar-refractivity contribution in [2.45, 2.75) is 54.0 Å². The van der Waals surface area contributed by atoms with E-state index < -0.39 is 0 Å². The summed E-state index contributed by atoms with van der Waals surface area (Å²) in [6, 6.07) is 7.44. The molecule has 2 rings (SSSR count). The second kappa shape index (κ2) is 7.47. The second-order valence-corrected chi connectivity index (χ2v) is 6.39. The molecule has 1 heterocycles. The van der Waals surface area contributed by atoms with Gasteiger partial charge in [-0.05, 0) is 51.3 Å². The van der Waals surface area contributed by atoms with Crippen LogP contribution in [-0.4, -0.2) is 10.5 Å². The van der Waals surface area contributed by atoms with Crippen LogP contribution in [-0.2, 0) is 6.54 Å². The van der Waals surface area contributed by atoms with Crippen LogP contribution >= 0.6 is 0 Å². The summed E-state index contributed by atoms with van der Waals surface area (Å²) in [6.07, 6.45) is 2.08. The van der Waals surface area contributed by atoms with Gasteiger partial charge in [0.2, 0.25) is 0 Å². The molecule has 0 aliphatic rings. The first-order valence-electron chi connectivity index (χ1n) is 8.44. The second-order valence-electron chi connectivity index (χ2n) is 6.39. The minimum Gasteiger partial charge on any atom is -0.348 e. The summed E-state index contributed by atoms with van der Waals surface area (Å²) in [5, 5.41) is 2.90. The molecule has 0 unspecified atom stereocenters. The maximum Gasteiger partial charge on any atom is 0.261 e. The van der Waals surface area contributed by atoms with Crippen LogP contribution in [0.25, 0.3) is 0 Å². The number of nitrogens with one attached hydrogen (secondary N) is 1. The highest BCUT2D eigenvalue weighted by molar-refractivity contribution is 6.05. The topological polar surface area (TPSA) is 51.1 Å². The summed E-state index contributed by atoms with van der Waals surface area (Å²) in [5.41, 5.74) is 4.44. The number of anilines is 1. The van der Waals surface area contributed by atoms with E-state index in [2.05, 4.69) is 16.8 Å². The summed E-state index contributed by atoms with van der Waals surface area (Å²) in [5.74, 6) is -0.337. The fourth-order valence-corrected chi connectivity index (χ4v) is 2.91. The van der Waals surface area contributed by atoms with Crippen LogP contribution in [0, 0.1) is 27.7 Å². The van der Waals surface area contributed by atoms with Crippen molar-refractivity contribution < 1.29 is 4.79 Å². The number of benzene rings is 1. The van der Waals surface area contributed by atoms with Crippen molar-refractivity contribution in [1.82, 2.24) is 4.57 Å². The van der Waals surface area contributed by atoms with Crippen molar-refractivity contribution in [2.24, 2.45) is 0 Å². The first-order chi connectivity index (χ1) is 11.3. The number of carbonyl (C=O) groups excluding carboxylic acids is 1. The van der Waals surface area contributed by atoms with Gasteiger partial charge in [0.05, 0.1) is 0 Å². The van der Waals surface area contributed by atoms with Crippen LogP contribution in [0.4, 0.5) is 5.69 Å². The molecule has 4 nitrogen and oxygen atoms in total. The molecule has 0 fully saturated rings. The summed E-state index contributed by atoms with van der Waals surface area (Å²) in [7, 11) is 0. The molecule has 1 aromatic carbocycles. The molecule has 0 saturated heterocycles. The third-order valence-electron chi connectivity index (χ3n) is 4.38. The van der Waals surface area contributed by atoms with E-state index in [1.807, 2.05) is 45.9 Å². The van der Waals surface area contributed by atoms with E-state index in [-0.39, 0.29) is 16.9 Å². The van der Waals surface area contributed by atoms with Gasteiger partial charge >= 0.3 is 0 Å². The van der Waals surface area contributed by atoms with Crippen molar-refractivity contribution in [3.05, 3.63) is 62.6 Å². The predicted octanol–water partition coefficient (Wildman–Crippen LogP) is 4.13. The van der Waals surface area contributed by atoms with E-state index >= 15 is 0 Å². The lowest BCUT2D eigenvalue weighted by Gasteiger charge is -2.17. The molecule has 0 aliphatic heterocycles. The van der Waals surface area contributed by atoms with Crippen molar-refractivity contribution in [3.63, 3.8) is 0 Å². The Hall–Kier alpha value is -2.36. The molecule has 0 aliphatic carbocycles. The van der Waals surface area contributed by atoms with Gasteiger partial charge in [0, 0.05) is 29.7 Å². The lowest BCUT2D eigenvalue weighted by Crippen LogP contribution is -2.27. The number of unbranched alkanes of at least 4 members (excludes halogenated alkanes) is 1. The van der Waals surface area contributed by atoms with E-state index in [4.69, 9.17) is 0 Å². The third-order valence-corrected chi connectivity index (χ3v) is 4.38. The molecule has 24 heavy (non-hydrogen) atoms. The molecule has 0 atom stereocenters. The van der Waals surface area contributed by atoms with Gasteiger partial charge in [-0.1, -0.05) is 25.5 Å². The monoisotopic (exact) mass is 326 g/mol. The maximum atomic E-state index is 12.7. The Bertz CT molecular complexity index is 819. The Morgan fingerprint density at radius 2 is 1.83 bits per heavy atom. The van der Waals surface area contributed by atoms with Crippen molar-refractivity contribution >= 4 is 11.6 Å². The van der Waals surface area contributed by atoms with Crippen LogP contribution in [0.5, 0.6) is 0 Å². The minimum atomic E-state index is -0.337. The first kappa shape index (κ1) is 18.0. The van der Waals surface area contributed by atoms with E-state index in [1.165, 1.54) is 0 Å². The van der Waals surface area contributed by atoms with Gasteiger partial charge in [0.1, 0.15) is 5.56 Å².